The van der Waals surface area contributed by atoms with E-state index in [0.717, 1.165) is 16.7 Å². The van der Waals surface area contributed by atoms with Gasteiger partial charge in [-0.3, -0.25) is 14.4 Å². The third-order valence-electron chi connectivity index (χ3n) is 10.4. The molecule has 1 unspecified atom stereocenters. The Hall–Kier alpha value is -5.52. The van der Waals surface area contributed by atoms with Crippen molar-refractivity contribution >= 4 is 35.6 Å². The van der Waals surface area contributed by atoms with Gasteiger partial charge in [-0.15, -0.1) is 0 Å². The van der Waals surface area contributed by atoms with Gasteiger partial charge in [-0.1, -0.05) is 133 Å². The fraction of sp³-hybridized carbons (Fsp3) is 0.467. The first-order valence-corrected chi connectivity index (χ1v) is 19.5. The topological polar surface area (TPSA) is 140 Å². The molecule has 0 saturated carbocycles. The van der Waals surface area contributed by atoms with E-state index in [1.165, 1.54) is 35.8 Å². The van der Waals surface area contributed by atoms with E-state index in [2.05, 4.69) is 0 Å². The van der Waals surface area contributed by atoms with Crippen molar-refractivity contribution in [3.63, 3.8) is 0 Å². The molecule has 0 spiro atoms. The number of benzene rings is 3. The van der Waals surface area contributed by atoms with Gasteiger partial charge in [0.05, 0.1) is 0 Å². The number of hydrogen-bond donors (Lipinski definition) is 0. The number of ether oxygens (including phenoxy) is 3. The molecule has 4 rings (SSSR count). The van der Waals surface area contributed by atoms with E-state index < -0.39 is 89.8 Å². The van der Waals surface area contributed by atoms with Crippen LogP contribution in [0.4, 0.5) is 0 Å². The molecule has 6 atom stereocenters. The molecule has 1 heterocycles. The van der Waals surface area contributed by atoms with Crippen LogP contribution in [0, 0.1) is 17.8 Å². The first kappa shape index (κ1) is 44.2. The van der Waals surface area contributed by atoms with Crippen LogP contribution in [0.2, 0.25) is 0 Å². The van der Waals surface area contributed by atoms with E-state index in [-0.39, 0.29) is 19.3 Å². The molecule has 306 valence electrons. The van der Waals surface area contributed by atoms with Crippen LogP contribution < -0.4 is 0 Å². The van der Waals surface area contributed by atoms with Crippen molar-refractivity contribution in [2.75, 3.05) is 21.1 Å². The molecular formula is C45H57N3O9. The van der Waals surface area contributed by atoms with E-state index in [1.54, 1.807) is 114 Å². The van der Waals surface area contributed by atoms with Crippen LogP contribution in [0.25, 0.3) is 0 Å². The number of nitrogens with zero attached hydrogens (tertiary/aromatic N) is 3. The molecule has 1 aliphatic heterocycles. The zero-order valence-corrected chi connectivity index (χ0v) is 34.5. The van der Waals surface area contributed by atoms with E-state index in [4.69, 9.17) is 14.2 Å². The van der Waals surface area contributed by atoms with Gasteiger partial charge in [0.2, 0.25) is 0 Å². The number of esters is 3. The van der Waals surface area contributed by atoms with Gasteiger partial charge in [0.1, 0.15) is 18.1 Å². The van der Waals surface area contributed by atoms with Crippen LogP contribution in [0.5, 0.6) is 0 Å². The summed E-state index contributed by atoms with van der Waals surface area (Å²) < 4.78 is 18.1. The number of amides is 3. The lowest BCUT2D eigenvalue weighted by molar-refractivity contribution is -0.179. The third-order valence-corrected chi connectivity index (χ3v) is 10.4. The second kappa shape index (κ2) is 20.1. The van der Waals surface area contributed by atoms with Gasteiger partial charge in [-0.25, -0.2) is 14.4 Å². The average molecular weight is 784 g/mol. The Balaban J connectivity index is 1.88. The number of carbonyl (C=O) groups is 6. The second-order valence-electron chi connectivity index (χ2n) is 15.8. The largest absolute Gasteiger partial charge is 0.450 e. The highest BCUT2D eigenvalue weighted by Crippen LogP contribution is 2.24. The van der Waals surface area contributed by atoms with Crippen LogP contribution in [0.15, 0.2) is 91.0 Å². The summed E-state index contributed by atoms with van der Waals surface area (Å²) in [5.74, 6) is -6.18. The lowest BCUT2D eigenvalue weighted by Crippen LogP contribution is -2.56. The first-order chi connectivity index (χ1) is 27.0. The smallest absolute Gasteiger partial charge is 0.329 e. The van der Waals surface area contributed by atoms with E-state index >= 15 is 0 Å². The second-order valence-corrected chi connectivity index (χ2v) is 15.8. The first-order valence-electron chi connectivity index (χ1n) is 19.5. The third kappa shape index (κ3) is 11.3. The number of rotatable bonds is 9. The van der Waals surface area contributed by atoms with Crippen molar-refractivity contribution in [3.8, 4) is 0 Å². The maximum absolute atomic E-state index is 14.4. The Bertz CT molecular complexity index is 1620. The van der Waals surface area contributed by atoms with Crippen LogP contribution in [0.1, 0.15) is 58.2 Å². The molecule has 0 aromatic heterocycles. The summed E-state index contributed by atoms with van der Waals surface area (Å²) in [6, 6.07) is 23.4. The van der Waals surface area contributed by atoms with Crippen molar-refractivity contribution in [2.24, 2.45) is 17.8 Å². The van der Waals surface area contributed by atoms with Crippen molar-refractivity contribution in [2.45, 2.75) is 97.2 Å². The van der Waals surface area contributed by atoms with Gasteiger partial charge < -0.3 is 28.9 Å². The molecular weight excluding hydrogens is 727 g/mol. The van der Waals surface area contributed by atoms with Crippen molar-refractivity contribution < 1.29 is 43.0 Å². The summed E-state index contributed by atoms with van der Waals surface area (Å²) in [6.07, 6.45) is -3.99. The summed E-state index contributed by atoms with van der Waals surface area (Å²) in [7, 11) is 4.31. The molecule has 0 bridgehead atoms. The van der Waals surface area contributed by atoms with Gasteiger partial charge in [-0.2, -0.15) is 0 Å². The van der Waals surface area contributed by atoms with Crippen molar-refractivity contribution in [1.29, 1.82) is 0 Å². The molecule has 3 aromatic rings. The molecule has 1 aliphatic rings. The minimum atomic E-state index is -1.36. The van der Waals surface area contributed by atoms with Crippen molar-refractivity contribution in [1.82, 2.24) is 14.7 Å². The minimum Gasteiger partial charge on any atom is -0.450 e. The normalized spacial score (nSPS) is 23.7. The predicted octanol–water partition coefficient (Wildman–Crippen LogP) is 4.91. The van der Waals surface area contributed by atoms with Crippen LogP contribution in [-0.2, 0) is 62.2 Å². The average Bonchev–Trinajstić information content (AvgIpc) is 3.19. The highest BCUT2D eigenvalue weighted by molar-refractivity contribution is 5.94. The quantitative estimate of drug-likeness (QED) is 0.219. The molecule has 12 nitrogen and oxygen atoms in total. The highest BCUT2D eigenvalue weighted by Gasteiger charge is 2.44. The fourth-order valence-corrected chi connectivity index (χ4v) is 6.74. The molecule has 0 N–H and O–H groups in total. The van der Waals surface area contributed by atoms with Gasteiger partial charge in [0, 0.05) is 40.4 Å². The summed E-state index contributed by atoms with van der Waals surface area (Å²) >= 11 is 0. The number of cyclic esters (lactones) is 3. The minimum absolute atomic E-state index is 0.0307. The van der Waals surface area contributed by atoms with Crippen LogP contribution in [0.3, 0.4) is 0 Å². The molecule has 0 radical (unpaired) electrons. The Morgan fingerprint density at radius 1 is 0.404 bits per heavy atom. The van der Waals surface area contributed by atoms with E-state index in [1.807, 2.05) is 18.2 Å². The SMILES string of the molecule is CC(C)C1OC(=O)[C@H](Cc2ccccc2)N(C)C(=O)[C@@H](C(C)C)OC(=O)[C@H](Cc2ccccc2)N(C)C(=O)[C@@H](C(C)C)OC(=O)[C@H](Cc2ccccc2)N(C)C1=O. The molecule has 1 fully saturated rings. The number of carbonyl (C=O) groups excluding carboxylic acids is 6. The Labute approximate surface area is 336 Å². The lowest BCUT2D eigenvalue weighted by Gasteiger charge is -2.37. The molecule has 0 aliphatic carbocycles. The van der Waals surface area contributed by atoms with Gasteiger partial charge in [0.25, 0.3) is 17.7 Å². The lowest BCUT2D eigenvalue weighted by atomic mass is 9.99. The zero-order valence-electron chi connectivity index (χ0n) is 34.5. The number of hydrogen-bond acceptors (Lipinski definition) is 9. The van der Waals surface area contributed by atoms with Crippen molar-refractivity contribution in [3.05, 3.63) is 108 Å². The van der Waals surface area contributed by atoms with E-state index in [0.29, 0.717) is 0 Å². The molecule has 12 heteroatoms. The van der Waals surface area contributed by atoms with Gasteiger partial charge in [0.15, 0.2) is 18.3 Å². The molecule has 57 heavy (non-hydrogen) atoms. The highest BCUT2D eigenvalue weighted by atomic mass is 16.6. The Morgan fingerprint density at radius 2 is 0.614 bits per heavy atom. The summed E-state index contributed by atoms with van der Waals surface area (Å²) in [5.41, 5.74) is 2.16. The van der Waals surface area contributed by atoms with E-state index in [9.17, 15) is 28.8 Å². The summed E-state index contributed by atoms with van der Waals surface area (Å²) in [4.78, 5) is 89.9. The summed E-state index contributed by atoms with van der Waals surface area (Å²) in [5, 5.41) is 0. The van der Waals surface area contributed by atoms with Gasteiger partial charge >= 0.3 is 17.9 Å². The molecule has 1 saturated heterocycles. The maximum Gasteiger partial charge on any atom is 0.329 e. The molecule has 3 amide bonds. The standard InChI is InChI=1S/C45H57N3O9/c1-28(2)37-40(49)46(7)35(26-32-21-15-11-16-22-32)44(53)56-39(30(5)6)42(51)48(9)36(27-33-23-17-12-18-24-33)45(54)57-38(29(3)4)41(50)47(8)34(43(52)55-37)25-31-19-13-10-14-20-31/h10-24,28-30,34-39H,25-27H2,1-9H3/t34-,35-,36-,37+,38+,39?/m0/s1. The maximum atomic E-state index is 14.4. The molecule has 3 aromatic carbocycles. The number of likely N-dealkylation sites (N-methyl/N-ethyl adjacent to an activating group) is 3. The predicted molar refractivity (Wildman–Crippen MR) is 214 cm³/mol. The monoisotopic (exact) mass is 783 g/mol. The van der Waals surface area contributed by atoms with Crippen LogP contribution in [-0.4, -0.2) is 108 Å². The summed E-state index contributed by atoms with van der Waals surface area (Å²) in [6.45, 7) is 10.3. The fourth-order valence-electron chi connectivity index (χ4n) is 6.74. The van der Waals surface area contributed by atoms with Crippen LogP contribution >= 0.6 is 0 Å². The van der Waals surface area contributed by atoms with Gasteiger partial charge in [-0.05, 0) is 34.4 Å². The Kier molecular flexibility index (Phi) is 15.6. The zero-order chi connectivity index (χ0) is 42.0. The Morgan fingerprint density at radius 3 is 0.807 bits per heavy atom.